The summed E-state index contributed by atoms with van der Waals surface area (Å²) < 4.78 is 0. The SMILES string of the molecule is CCC(CC)(CO)NC(=O)Cc1ccc2c(c1)CCC2. The summed E-state index contributed by atoms with van der Waals surface area (Å²) in [6.45, 7) is 3.99. The Morgan fingerprint density at radius 3 is 2.60 bits per heavy atom. The summed E-state index contributed by atoms with van der Waals surface area (Å²) in [5.74, 6) is 0.000645. The van der Waals surface area contributed by atoms with E-state index in [1.807, 2.05) is 13.8 Å². The quantitative estimate of drug-likeness (QED) is 0.837. The Balaban J connectivity index is 2.01. The van der Waals surface area contributed by atoms with Gasteiger partial charge in [0.25, 0.3) is 0 Å². The molecule has 20 heavy (non-hydrogen) atoms. The highest BCUT2D eigenvalue weighted by molar-refractivity contribution is 5.79. The van der Waals surface area contributed by atoms with Crippen LogP contribution in [-0.2, 0) is 24.1 Å². The molecule has 0 spiro atoms. The molecule has 110 valence electrons. The molecule has 1 aliphatic carbocycles. The van der Waals surface area contributed by atoms with Crippen molar-refractivity contribution in [2.45, 2.75) is 57.9 Å². The standard InChI is InChI=1S/C17H25NO2/c1-3-17(4-2,12-19)18-16(20)11-13-8-9-14-6-5-7-15(14)10-13/h8-10,19H,3-7,11-12H2,1-2H3,(H,18,20). The molecule has 0 unspecified atom stereocenters. The van der Waals surface area contributed by atoms with Gasteiger partial charge in [0, 0.05) is 0 Å². The molecule has 3 heteroatoms. The van der Waals surface area contributed by atoms with Gasteiger partial charge >= 0.3 is 0 Å². The maximum absolute atomic E-state index is 12.2. The zero-order valence-corrected chi connectivity index (χ0v) is 12.5. The molecule has 0 aromatic heterocycles. The van der Waals surface area contributed by atoms with Crippen molar-refractivity contribution in [2.75, 3.05) is 6.61 Å². The smallest absolute Gasteiger partial charge is 0.224 e. The molecule has 0 heterocycles. The van der Waals surface area contributed by atoms with Crippen molar-refractivity contribution in [1.82, 2.24) is 5.32 Å². The van der Waals surface area contributed by atoms with Gasteiger partial charge in [-0.3, -0.25) is 4.79 Å². The number of hydrogen-bond acceptors (Lipinski definition) is 2. The minimum Gasteiger partial charge on any atom is -0.394 e. The zero-order chi connectivity index (χ0) is 14.6. The lowest BCUT2D eigenvalue weighted by Crippen LogP contribution is -2.51. The van der Waals surface area contributed by atoms with E-state index in [1.165, 1.54) is 24.0 Å². The fraction of sp³-hybridized carbons (Fsp3) is 0.588. The van der Waals surface area contributed by atoms with Gasteiger partial charge in [0.2, 0.25) is 5.91 Å². The van der Waals surface area contributed by atoms with E-state index in [4.69, 9.17) is 0 Å². The fourth-order valence-corrected chi connectivity index (χ4v) is 2.95. The Bertz CT molecular complexity index is 470. The third kappa shape index (κ3) is 3.21. The predicted octanol–water partition coefficient (Wildman–Crippen LogP) is 2.39. The number of carbonyl (C=O) groups excluding carboxylic acids is 1. The number of fused-ring (bicyclic) bond motifs is 1. The third-order valence-electron chi connectivity index (χ3n) is 4.59. The molecule has 1 aromatic carbocycles. The van der Waals surface area contributed by atoms with Crippen LogP contribution in [0, 0.1) is 0 Å². The molecule has 2 rings (SSSR count). The van der Waals surface area contributed by atoms with Crippen molar-refractivity contribution in [1.29, 1.82) is 0 Å². The summed E-state index contributed by atoms with van der Waals surface area (Å²) in [5, 5.41) is 12.5. The van der Waals surface area contributed by atoms with Gasteiger partial charge < -0.3 is 10.4 Å². The average Bonchev–Trinajstić information content (AvgIpc) is 2.92. The Hall–Kier alpha value is -1.35. The minimum absolute atomic E-state index is 0.000645. The highest BCUT2D eigenvalue weighted by atomic mass is 16.3. The normalized spacial score (nSPS) is 14.2. The Morgan fingerprint density at radius 2 is 1.95 bits per heavy atom. The Kier molecular flexibility index (Phi) is 4.81. The molecule has 0 atom stereocenters. The fourth-order valence-electron chi connectivity index (χ4n) is 2.95. The van der Waals surface area contributed by atoms with Crippen LogP contribution in [0.4, 0.5) is 0 Å². The third-order valence-corrected chi connectivity index (χ3v) is 4.59. The molecule has 0 aliphatic heterocycles. The maximum Gasteiger partial charge on any atom is 0.224 e. The van der Waals surface area contributed by atoms with E-state index in [2.05, 4.69) is 23.5 Å². The van der Waals surface area contributed by atoms with Crippen molar-refractivity contribution in [3.8, 4) is 0 Å². The van der Waals surface area contributed by atoms with Crippen LogP contribution in [0.1, 0.15) is 49.8 Å². The van der Waals surface area contributed by atoms with Gasteiger partial charge in [0.1, 0.15) is 0 Å². The number of nitrogens with one attached hydrogen (secondary N) is 1. The van der Waals surface area contributed by atoms with Gasteiger partial charge in [-0.2, -0.15) is 0 Å². The molecule has 3 nitrogen and oxygen atoms in total. The van der Waals surface area contributed by atoms with Crippen LogP contribution in [0.3, 0.4) is 0 Å². The first-order valence-electron chi connectivity index (χ1n) is 7.65. The van der Waals surface area contributed by atoms with Gasteiger partial charge in [-0.05, 0) is 48.8 Å². The van der Waals surface area contributed by atoms with Gasteiger partial charge in [-0.25, -0.2) is 0 Å². The van der Waals surface area contributed by atoms with Crippen molar-refractivity contribution in [2.24, 2.45) is 0 Å². The summed E-state index contributed by atoms with van der Waals surface area (Å²) in [4.78, 5) is 12.2. The highest BCUT2D eigenvalue weighted by Crippen LogP contribution is 2.23. The summed E-state index contributed by atoms with van der Waals surface area (Å²) in [5.41, 5.74) is 3.44. The second-order valence-electron chi connectivity index (χ2n) is 5.83. The number of carbonyl (C=O) groups is 1. The Labute approximate surface area is 121 Å². The topological polar surface area (TPSA) is 49.3 Å². The number of benzene rings is 1. The summed E-state index contributed by atoms with van der Waals surface area (Å²) >= 11 is 0. The summed E-state index contributed by atoms with van der Waals surface area (Å²) in [6.07, 6.45) is 5.42. The maximum atomic E-state index is 12.2. The molecular weight excluding hydrogens is 250 g/mol. The van der Waals surface area contributed by atoms with Crippen molar-refractivity contribution in [3.05, 3.63) is 34.9 Å². The molecule has 0 saturated carbocycles. The lowest BCUT2D eigenvalue weighted by molar-refractivity contribution is -0.123. The second kappa shape index (κ2) is 6.40. The summed E-state index contributed by atoms with van der Waals surface area (Å²) in [7, 11) is 0. The van der Waals surface area contributed by atoms with Crippen LogP contribution in [0.2, 0.25) is 0 Å². The van der Waals surface area contributed by atoms with Crippen LogP contribution in [-0.4, -0.2) is 23.2 Å². The predicted molar refractivity (Wildman–Crippen MR) is 80.7 cm³/mol. The molecule has 0 saturated heterocycles. The molecule has 0 fully saturated rings. The van der Waals surface area contributed by atoms with Gasteiger partial charge in [0.05, 0.1) is 18.6 Å². The average molecular weight is 275 g/mol. The number of aliphatic hydroxyl groups excluding tert-OH is 1. The van der Waals surface area contributed by atoms with Crippen molar-refractivity contribution in [3.63, 3.8) is 0 Å². The molecule has 1 amide bonds. The zero-order valence-electron chi connectivity index (χ0n) is 12.5. The first kappa shape index (κ1) is 15.0. The first-order valence-corrected chi connectivity index (χ1v) is 7.65. The number of amides is 1. The van der Waals surface area contributed by atoms with E-state index in [1.54, 1.807) is 0 Å². The summed E-state index contributed by atoms with van der Waals surface area (Å²) in [6, 6.07) is 6.38. The van der Waals surface area contributed by atoms with Crippen LogP contribution >= 0.6 is 0 Å². The van der Waals surface area contributed by atoms with E-state index < -0.39 is 5.54 Å². The van der Waals surface area contributed by atoms with E-state index in [0.717, 1.165) is 24.8 Å². The van der Waals surface area contributed by atoms with Gasteiger partial charge in [0.15, 0.2) is 0 Å². The highest BCUT2D eigenvalue weighted by Gasteiger charge is 2.27. The largest absolute Gasteiger partial charge is 0.394 e. The molecular formula is C17H25NO2. The first-order chi connectivity index (χ1) is 9.62. The monoisotopic (exact) mass is 275 g/mol. The van der Waals surface area contributed by atoms with E-state index in [9.17, 15) is 9.90 Å². The molecule has 2 N–H and O–H groups in total. The van der Waals surface area contributed by atoms with Gasteiger partial charge in [-0.1, -0.05) is 32.0 Å². The molecule has 1 aromatic rings. The van der Waals surface area contributed by atoms with E-state index >= 15 is 0 Å². The van der Waals surface area contributed by atoms with E-state index in [-0.39, 0.29) is 12.5 Å². The number of aryl methyl sites for hydroxylation is 2. The second-order valence-corrected chi connectivity index (χ2v) is 5.83. The van der Waals surface area contributed by atoms with Crippen molar-refractivity contribution < 1.29 is 9.90 Å². The van der Waals surface area contributed by atoms with Crippen LogP contribution in [0.5, 0.6) is 0 Å². The van der Waals surface area contributed by atoms with Crippen LogP contribution in [0.15, 0.2) is 18.2 Å². The molecule has 0 bridgehead atoms. The number of hydrogen-bond donors (Lipinski definition) is 2. The van der Waals surface area contributed by atoms with Crippen LogP contribution < -0.4 is 5.32 Å². The number of rotatable bonds is 6. The van der Waals surface area contributed by atoms with E-state index in [0.29, 0.717) is 6.42 Å². The number of aliphatic hydroxyl groups is 1. The lowest BCUT2D eigenvalue weighted by Gasteiger charge is -2.30. The van der Waals surface area contributed by atoms with Gasteiger partial charge in [-0.15, -0.1) is 0 Å². The Morgan fingerprint density at radius 1 is 1.25 bits per heavy atom. The minimum atomic E-state index is -0.464. The molecule has 0 radical (unpaired) electrons. The van der Waals surface area contributed by atoms with Crippen LogP contribution in [0.25, 0.3) is 0 Å². The van der Waals surface area contributed by atoms with Crippen molar-refractivity contribution >= 4 is 5.91 Å². The molecule has 1 aliphatic rings. The lowest BCUT2D eigenvalue weighted by atomic mass is 9.93.